The van der Waals surface area contributed by atoms with Gasteiger partial charge in [0, 0.05) is 0 Å². The maximum Gasteiger partial charge on any atom is 0.187 e. The van der Waals surface area contributed by atoms with E-state index in [1.165, 1.54) is 0 Å². The third-order valence-corrected chi connectivity index (χ3v) is 12.7. The first-order valence-corrected chi connectivity index (χ1v) is 24.8. The van der Waals surface area contributed by atoms with Gasteiger partial charge in [-0.2, -0.15) is 0 Å². The largest absolute Gasteiger partial charge is 0.374 e. The summed E-state index contributed by atoms with van der Waals surface area (Å²) in [4.78, 5) is 0. The van der Waals surface area contributed by atoms with Gasteiger partial charge in [-0.05, 0) is 38.9 Å². The molecule has 0 saturated carbocycles. The van der Waals surface area contributed by atoms with E-state index >= 15 is 0 Å². The maximum absolute atomic E-state index is 12.0. The second-order valence-electron chi connectivity index (χ2n) is 18.0. The average Bonchev–Trinajstić information content (AvgIpc) is 3.43. The zero-order valence-electron chi connectivity index (χ0n) is 40.4. The number of hydrogen-bond acceptors (Lipinski definition) is 11. The van der Waals surface area contributed by atoms with E-state index in [2.05, 4.69) is 0 Å². The molecule has 0 aromatic heterocycles. The van der Waals surface area contributed by atoms with E-state index in [9.17, 15) is 5.11 Å². The molecule has 72 heavy (non-hydrogen) atoms. The van der Waals surface area contributed by atoms with E-state index in [0.717, 1.165) is 38.9 Å². The molecule has 11 heteroatoms. The fraction of sp³-hybridized carbons (Fsp3) is 0.311. The predicted molar refractivity (Wildman–Crippen MR) is 272 cm³/mol. The van der Waals surface area contributed by atoms with Gasteiger partial charge in [-0.1, -0.05) is 212 Å². The van der Waals surface area contributed by atoms with Crippen molar-refractivity contribution in [2.24, 2.45) is 0 Å². The molecule has 1 N–H and O–H groups in total. The van der Waals surface area contributed by atoms with Crippen molar-refractivity contribution >= 4 is 0 Å². The summed E-state index contributed by atoms with van der Waals surface area (Å²) in [5.41, 5.74) is 6.75. The van der Waals surface area contributed by atoms with E-state index in [1.807, 2.05) is 212 Å². The predicted octanol–water partition coefficient (Wildman–Crippen LogP) is 10.2. The molecule has 0 radical (unpaired) electrons. The van der Waals surface area contributed by atoms with E-state index in [0.29, 0.717) is 13.2 Å². The Morgan fingerprint density at radius 1 is 0.292 bits per heavy atom. The first-order valence-electron chi connectivity index (χ1n) is 24.8. The minimum Gasteiger partial charge on any atom is -0.374 e. The van der Waals surface area contributed by atoms with Crippen LogP contribution in [0.25, 0.3) is 0 Å². The van der Waals surface area contributed by atoms with Crippen molar-refractivity contribution in [3.8, 4) is 0 Å². The van der Waals surface area contributed by atoms with Gasteiger partial charge in [0.1, 0.15) is 48.8 Å². The summed E-state index contributed by atoms with van der Waals surface area (Å²) < 4.78 is 68.6. The summed E-state index contributed by atoms with van der Waals surface area (Å²) >= 11 is 0. The SMILES string of the molecule is O[C@H]1O[C@H](COCc2ccccc2)[C@@H](O[C@@H]2O[C@H](COCc3ccccc3)[C@@H](OCc3ccccc3)[C@H](OCc3ccccc3)[C@H]2OCc2ccccc2)[C@H](OCc2ccccc2)[C@H]1OCc1ccccc1. The summed E-state index contributed by atoms with van der Waals surface area (Å²) in [6.07, 6.45) is -9.37. The van der Waals surface area contributed by atoms with E-state index in [-0.39, 0.29) is 46.2 Å². The molecule has 2 saturated heterocycles. The van der Waals surface area contributed by atoms with Crippen LogP contribution < -0.4 is 0 Å². The van der Waals surface area contributed by atoms with Crippen LogP contribution in [0.4, 0.5) is 0 Å². The third-order valence-electron chi connectivity index (χ3n) is 12.7. The molecule has 0 bridgehead atoms. The van der Waals surface area contributed by atoms with Gasteiger partial charge in [-0.25, -0.2) is 0 Å². The molecule has 10 atom stereocenters. The van der Waals surface area contributed by atoms with Crippen LogP contribution in [0.2, 0.25) is 0 Å². The molecule has 9 rings (SSSR count). The Hall–Kier alpha value is -5.90. The number of ether oxygens (including phenoxy) is 10. The smallest absolute Gasteiger partial charge is 0.187 e. The highest BCUT2D eigenvalue weighted by Crippen LogP contribution is 2.36. The number of benzene rings is 7. The topological polar surface area (TPSA) is 113 Å². The summed E-state index contributed by atoms with van der Waals surface area (Å²) in [5, 5.41) is 12.0. The van der Waals surface area contributed by atoms with Crippen LogP contribution in [-0.2, 0) is 93.6 Å². The van der Waals surface area contributed by atoms with Gasteiger partial charge in [0.2, 0.25) is 0 Å². The molecule has 7 aromatic rings. The van der Waals surface area contributed by atoms with E-state index in [4.69, 9.17) is 47.4 Å². The lowest BCUT2D eigenvalue weighted by Gasteiger charge is -2.49. The van der Waals surface area contributed by atoms with Gasteiger partial charge in [0.15, 0.2) is 12.6 Å². The number of aliphatic hydroxyl groups is 1. The van der Waals surface area contributed by atoms with Crippen LogP contribution >= 0.6 is 0 Å². The molecule has 374 valence electrons. The minimum absolute atomic E-state index is 0.0375. The van der Waals surface area contributed by atoms with Crippen LogP contribution in [-0.4, -0.2) is 79.7 Å². The van der Waals surface area contributed by atoms with Gasteiger partial charge in [0.05, 0.1) is 59.5 Å². The van der Waals surface area contributed by atoms with Gasteiger partial charge in [0.25, 0.3) is 0 Å². The summed E-state index contributed by atoms with van der Waals surface area (Å²) in [5.74, 6) is 0. The monoisotopic (exact) mass is 972 g/mol. The van der Waals surface area contributed by atoms with Crippen LogP contribution in [0.5, 0.6) is 0 Å². The standard InChI is InChI=1S/C61H64O11/c62-60-58(68-41-50-32-18-6-19-33-50)57(67-40-49-30-16-5-17-31-49)55(53(70-60)44-64-37-46-24-10-2-11-25-46)72-61-59(69-42-51-34-20-7-21-35-51)56(66-39-48-28-14-4-15-29-48)54(65-38-47-26-12-3-13-27-47)52(71-61)43-63-36-45-22-8-1-9-23-45/h1-35,52-62H,36-44H2/t52-,53-,54-,55-,56+,57+,58-,59-,60+,61+/m1/s1. The van der Waals surface area contributed by atoms with Crippen LogP contribution in [0.15, 0.2) is 212 Å². The molecule has 2 aliphatic heterocycles. The Morgan fingerprint density at radius 2 is 0.569 bits per heavy atom. The van der Waals surface area contributed by atoms with Gasteiger partial charge < -0.3 is 52.5 Å². The lowest BCUT2D eigenvalue weighted by atomic mass is 9.95. The average molecular weight is 973 g/mol. The second kappa shape index (κ2) is 27.2. The molecular weight excluding hydrogens is 909 g/mol. The Balaban J connectivity index is 1.10. The Bertz CT molecular complexity index is 2550. The van der Waals surface area contributed by atoms with Crippen molar-refractivity contribution in [1.82, 2.24) is 0 Å². The maximum atomic E-state index is 12.0. The van der Waals surface area contributed by atoms with Crippen LogP contribution in [0.3, 0.4) is 0 Å². The molecule has 0 aliphatic carbocycles. The van der Waals surface area contributed by atoms with Crippen molar-refractivity contribution < 1.29 is 52.5 Å². The normalized spacial score (nSPS) is 24.2. The molecule has 0 spiro atoms. The molecule has 0 amide bonds. The van der Waals surface area contributed by atoms with Crippen molar-refractivity contribution in [2.75, 3.05) is 13.2 Å². The minimum atomic E-state index is -1.41. The highest BCUT2D eigenvalue weighted by atomic mass is 16.8. The summed E-state index contributed by atoms with van der Waals surface area (Å²) in [6, 6.07) is 69.6. The van der Waals surface area contributed by atoms with E-state index in [1.54, 1.807) is 0 Å². The van der Waals surface area contributed by atoms with Crippen molar-refractivity contribution in [3.05, 3.63) is 251 Å². The zero-order valence-corrected chi connectivity index (χ0v) is 40.4. The fourth-order valence-corrected chi connectivity index (χ4v) is 8.97. The molecule has 7 aromatic carbocycles. The van der Waals surface area contributed by atoms with Gasteiger partial charge >= 0.3 is 0 Å². The highest BCUT2D eigenvalue weighted by Gasteiger charge is 2.54. The second-order valence-corrected chi connectivity index (χ2v) is 18.0. The lowest BCUT2D eigenvalue weighted by molar-refractivity contribution is -0.374. The van der Waals surface area contributed by atoms with Gasteiger partial charge in [-0.15, -0.1) is 0 Å². The van der Waals surface area contributed by atoms with Crippen LogP contribution in [0.1, 0.15) is 38.9 Å². The molecule has 0 unspecified atom stereocenters. The number of aliphatic hydroxyl groups excluding tert-OH is 1. The Labute approximate surface area is 423 Å². The third kappa shape index (κ3) is 14.8. The summed E-state index contributed by atoms with van der Waals surface area (Å²) in [7, 11) is 0. The Kier molecular flexibility index (Phi) is 19.3. The molecule has 11 nitrogen and oxygen atoms in total. The first-order chi connectivity index (χ1) is 35.6. The van der Waals surface area contributed by atoms with Crippen molar-refractivity contribution in [2.45, 2.75) is 108 Å². The molecule has 2 aliphatic rings. The van der Waals surface area contributed by atoms with Crippen molar-refractivity contribution in [3.63, 3.8) is 0 Å². The first kappa shape index (κ1) is 51.0. The van der Waals surface area contributed by atoms with Crippen LogP contribution in [0, 0.1) is 0 Å². The van der Waals surface area contributed by atoms with Gasteiger partial charge in [-0.3, -0.25) is 0 Å². The summed E-state index contributed by atoms with van der Waals surface area (Å²) in [6.45, 7) is 1.91. The highest BCUT2D eigenvalue weighted by molar-refractivity contribution is 5.19. The molecule has 2 heterocycles. The zero-order chi connectivity index (χ0) is 49.0. The number of hydrogen-bond donors (Lipinski definition) is 1. The van der Waals surface area contributed by atoms with Crippen molar-refractivity contribution in [1.29, 1.82) is 0 Å². The molecular formula is C61H64O11. The fourth-order valence-electron chi connectivity index (χ4n) is 8.97. The molecule has 2 fully saturated rings. The number of rotatable bonds is 25. The Morgan fingerprint density at radius 3 is 0.931 bits per heavy atom. The quantitative estimate of drug-likeness (QED) is 0.0591. The van der Waals surface area contributed by atoms with E-state index < -0.39 is 61.4 Å². The lowest BCUT2D eigenvalue weighted by Crippen LogP contribution is -2.66.